The van der Waals surface area contributed by atoms with Crippen LogP contribution in [0.15, 0.2) is 18.2 Å². The first kappa shape index (κ1) is 21.5. The highest BCUT2D eigenvalue weighted by molar-refractivity contribution is 5.86. The lowest BCUT2D eigenvalue weighted by Crippen LogP contribution is -2.44. The van der Waals surface area contributed by atoms with E-state index in [1.54, 1.807) is 24.0 Å². The minimum atomic E-state index is -0.807. The van der Waals surface area contributed by atoms with Gasteiger partial charge in [0.15, 0.2) is 0 Å². The maximum absolute atomic E-state index is 14.3. The number of para-hydroxylation sites is 1. The summed E-state index contributed by atoms with van der Waals surface area (Å²) >= 11 is 0. The first-order valence-corrected chi connectivity index (χ1v) is 10.6. The van der Waals surface area contributed by atoms with Crippen molar-refractivity contribution in [1.82, 2.24) is 20.2 Å². The normalized spacial score (nSPS) is 22.9. The predicted molar refractivity (Wildman–Crippen MR) is 114 cm³/mol. The number of aryl methyl sites for hydroxylation is 1. The van der Waals surface area contributed by atoms with Gasteiger partial charge in [0.25, 0.3) is 0 Å². The third-order valence-electron chi connectivity index (χ3n) is 5.97. The lowest BCUT2D eigenvalue weighted by atomic mass is 9.95. The second-order valence-corrected chi connectivity index (χ2v) is 10.1. The van der Waals surface area contributed by atoms with Crippen molar-refractivity contribution in [2.24, 2.45) is 17.8 Å². The van der Waals surface area contributed by atoms with Gasteiger partial charge in [0, 0.05) is 24.4 Å². The highest BCUT2D eigenvalue weighted by Gasteiger charge is 2.61. The van der Waals surface area contributed by atoms with Crippen LogP contribution < -0.4 is 5.32 Å². The molecule has 31 heavy (non-hydrogen) atoms. The first-order valence-electron chi connectivity index (χ1n) is 10.6. The second kappa shape index (κ2) is 7.14. The molecule has 7 nitrogen and oxygen atoms in total. The van der Waals surface area contributed by atoms with Crippen LogP contribution in [0.5, 0.6) is 0 Å². The highest BCUT2D eigenvalue weighted by atomic mass is 19.1. The van der Waals surface area contributed by atoms with Gasteiger partial charge in [-0.2, -0.15) is 0 Å². The van der Waals surface area contributed by atoms with Crippen LogP contribution in [0.1, 0.15) is 46.1 Å². The second-order valence-electron chi connectivity index (χ2n) is 10.1. The molecule has 2 amide bonds. The van der Waals surface area contributed by atoms with E-state index in [2.05, 4.69) is 15.3 Å². The average molecular weight is 429 g/mol. The molecule has 8 heteroatoms. The minimum absolute atomic E-state index is 0.0651. The Bertz CT molecular complexity index is 1050. The number of hydrogen-bond donors (Lipinski definition) is 1. The molecule has 1 saturated carbocycles. The molecule has 0 bridgehead atoms. The van der Waals surface area contributed by atoms with Gasteiger partial charge in [-0.05, 0) is 59.4 Å². The molecule has 1 N–H and O–H groups in total. The number of rotatable bonds is 3. The summed E-state index contributed by atoms with van der Waals surface area (Å²) in [4.78, 5) is 35.7. The van der Waals surface area contributed by atoms with Gasteiger partial charge >= 0.3 is 6.09 Å². The lowest BCUT2D eigenvalue weighted by Gasteiger charge is -2.29. The number of carbonyl (C=O) groups is 2. The zero-order chi connectivity index (χ0) is 22.7. The SMILES string of the molecule is Cc1nc(C(C)(C)NC(=O)[C@H]2[C@@H]3CN(C(=O)OC(C)(C)C)C[C@@H]32)c2cccc(F)c2n1. The van der Waals surface area contributed by atoms with Gasteiger partial charge in [-0.25, -0.2) is 19.2 Å². The zero-order valence-corrected chi connectivity index (χ0v) is 18.8. The van der Waals surface area contributed by atoms with Crippen LogP contribution in [0.2, 0.25) is 0 Å². The van der Waals surface area contributed by atoms with Crippen molar-refractivity contribution in [3.05, 3.63) is 35.5 Å². The fourth-order valence-corrected chi connectivity index (χ4v) is 4.55. The van der Waals surface area contributed by atoms with Crippen molar-refractivity contribution in [3.63, 3.8) is 0 Å². The Morgan fingerprint density at radius 2 is 1.77 bits per heavy atom. The highest BCUT2D eigenvalue weighted by Crippen LogP contribution is 2.52. The molecule has 2 heterocycles. The van der Waals surface area contributed by atoms with E-state index in [0.717, 1.165) is 0 Å². The number of hydrogen-bond acceptors (Lipinski definition) is 5. The molecule has 3 atom stereocenters. The molecule has 1 aromatic carbocycles. The van der Waals surface area contributed by atoms with Crippen molar-refractivity contribution in [1.29, 1.82) is 0 Å². The average Bonchev–Trinajstić information content (AvgIpc) is 3.14. The number of piperidine rings is 1. The third kappa shape index (κ3) is 4.07. The van der Waals surface area contributed by atoms with Crippen LogP contribution in [0.25, 0.3) is 10.9 Å². The van der Waals surface area contributed by atoms with Crippen LogP contribution >= 0.6 is 0 Å². The summed E-state index contributed by atoms with van der Waals surface area (Å²) < 4.78 is 19.7. The Hall–Kier alpha value is -2.77. The number of likely N-dealkylation sites (tertiary alicyclic amines) is 1. The number of nitrogens with one attached hydrogen (secondary N) is 1. The molecule has 1 aliphatic heterocycles. The van der Waals surface area contributed by atoms with Gasteiger partial charge in [0.05, 0.1) is 11.2 Å². The van der Waals surface area contributed by atoms with E-state index >= 15 is 0 Å². The largest absolute Gasteiger partial charge is 0.444 e. The van der Waals surface area contributed by atoms with Gasteiger partial charge in [-0.15, -0.1) is 0 Å². The summed E-state index contributed by atoms with van der Waals surface area (Å²) in [7, 11) is 0. The molecular weight excluding hydrogens is 399 g/mol. The summed E-state index contributed by atoms with van der Waals surface area (Å²) in [6.45, 7) is 12.0. The molecule has 0 unspecified atom stereocenters. The minimum Gasteiger partial charge on any atom is -0.444 e. The van der Waals surface area contributed by atoms with E-state index in [4.69, 9.17) is 4.74 Å². The van der Waals surface area contributed by atoms with Gasteiger partial charge in [0.1, 0.15) is 22.8 Å². The molecule has 2 aliphatic rings. The van der Waals surface area contributed by atoms with Crippen LogP contribution in [0.3, 0.4) is 0 Å². The van der Waals surface area contributed by atoms with E-state index in [0.29, 0.717) is 30.0 Å². The van der Waals surface area contributed by atoms with Crippen molar-refractivity contribution in [3.8, 4) is 0 Å². The number of nitrogens with zero attached hydrogens (tertiary/aromatic N) is 3. The van der Waals surface area contributed by atoms with E-state index < -0.39 is 17.0 Å². The van der Waals surface area contributed by atoms with Crippen LogP contribution in [-0.2, 0) is 15.1 Å². The smallest absolute Gasteiger partial charge is 0.410 e. The number of halogens is 1. The van der Waals surface area contributed by atoms with Crippen LogP contribution in [0, 0.1) is 30.5 Å². The topological polar surface area (TPSA) is 84.4 Å². The molecule has 1 saturated heterocycles. The summed E-state index contributed by atoms with van der Waals surface area (Å²) in [6, 6.07) is 4.76. The Balaban J connectivity index is 1.46. The van der Waals surface area contributed by atoms with E-state index in [1.165, 1.54) is 6.07 Å². The van der Waals surface area contributed by atoms with Gasteiger partial charge in [0.2, 0.25) is 5.91 Å². The maximum Gasteiger partial charge on any atom is 0.410 e. The van der Waals surface area contributed by atoms with Crippen molar-refractivity contribution >= 4 is 22.9 Å². The van der Waals surface area contributed by atoms with Gasteiger partial charge < -0.3 is 15.0 Å². The molecule has 1 aromatic heterocycles. The number of fused-ring (bicyclic) bond motifs is 2. The Kier molecular flexibility index (Phi) is 4.94. The molecule has 2 fully saturated rings. The first-order chi connectivity index (χ1) is 14.4. The van der Waals surface area contributed by atoms with Gasteiger partial charge in [-0.1, -0.05) is 12.1 Å². The van der Waals surface area contributed by atoms with E-state index in [9.17, 15) is 14.0 Å². The van der Waals surface area contributed by atoms with Crippen molar-refractivity contribution < 1.29 is 18.7 Å². The molecule has 4 rings (SSSR count). The van der Waals surface area contributed by atoms with Crippen LogP contribution in [0.4, 0.5) is 9.18 Å². The summed E-state index contributed by atoms with van der Waals surface area (Å²) in [5.74, 6) is 0.124. The number of amides is 2. The molecular formula is C23H29FN4O3. The number of benzene rings is 1. The van der Waals surface area contributed by atoms with Crippen LogP contribution in [-0.4, -0.2) is 45.6 Å². The van der Waals surface area contributed by atoms with E-state index in [-0.39, 0.29) is 35.3 Å². The van der Waals surface area contributed by atoms with Crippen molar-refractivity contribution in [2.75, 3.05) is 13.1 Å². The zero-order valence-electron chi connectivity index (χ0n) is 18.8. The Morgan fingerprint density at radius 3 is 2.39 bits per heavy atom. The third-order valence-corrected chi connectivity index (χ3v) is 5.97. The maximum atomic E-state index is 14.3. The Labute approximate surface area is 181 Å². The molecule has 2 aromatic rings. The Morgan fingerprint density at radius 1 is 1.13 bits per heavy atom. The van der Waals surface area contributed by atoms with Crippen molar-refractivity contribution in [2.45, 2.75) is 52.7 Å². The number of carbonyl (C=O) groups excluding carboxylic acids is 2. The lowest BCUT2D eigenvalue weighted by molar-refractivity contribution is -0.125. The fourth-order valence-electron chi connectivity index (χ4n) is 4.55. The van der Waals surface area contributed by atoms with E-state index in [1.807, 2.05) is 34.6 Å². The molecule has 166 valence electrons. The standard InChI is InChI=1S/C23H29FN4O3/c1-12-25-18-13(8-7-9-16(18)24)19(26-12)23(5,6)27-20(29)17-14-10-28(11-15(14)17)21(30)31-22(2,3)4/h7-9,14-15,17H,10-11H2,1-6H3,(H,27,29)/t14-,15+,17+. The fraction of sp³-hybridized carbons (Fsp3) is 0.565. The summed E-state index contributed by atoms with van der Waals surface area (Å²) in [5.41, 5.74) is -0.506. The van der Waals surface area contributed by atoms with Gasteiger partial charge in [-0.3, -0.25) is 4.79 Å². The molecule has 1 aliphatic carbocycles. The number of ether oxygens (including phenoxy) is 1. The molecule has 0 radical (unpaired) electrons. The predicted octanol–water partition coefficient (Wildman–Crippen LogP) is 3.54. The number of aromatic nitrogens is 2. The summed E-state index contributed by atoms with van der Waals surface area (Å²) in [6.07, 6.45) is -0.329. The monoisotopic (exact) mass is 428 g/mol. The quantitative estimate of drug-likeness (QED) is 0.808. The summed E-state index contributed by atoms with van der Waals surface area (Å²) in [5, 5.41) is 3.68. The molecule has 0 spiro atoms.